The Morgan fingerprint density at radius 2 is 0.648 bits per heavy atom. The predicted octanol–water partition coefficient (Wildman–Crippen LogP) is 16.8. The standard InChI is InChI=1S/4C8H14O2.2C8H12O2.2C7H13NO2.C7H11NO2.2C7H13NO/c6*1-8(2,3)6-4-5-10-7(6)9;2*1-7(2,3)8-4-5-10-6(8)9;1-7(2,3)5-4-8-10-6(5)9;2*1-7(2,3)6-4-5-9-8-6/h4*6H,4-5H2,1-3H3;2*4H,5H2,1-3H3;2*4-5H2,1-3H3;4,8H,1-3H3;2*4-5H2,1-3H3/t4*6-;;;;;;;/m1100......./s1/i8*5D;;2*5D/hD/t5-,6+;5-,6-;5-,6+;5-,6-;4*5-;;2*5-/m01101010.10/s1. The van der Waals surface area contributed by atoms with Gasteiger partial charge in [-0.05, 0) is 117 Å². The number of hydrogen-bond donors (Lipinski definition) is 1. The summed E-state index contributed by atoms with van der Waals surface area (Å²) in [5.41, 5.74) is 2.09. The maximum atomic E-state index is 11.1. The smallest absolute Gasteiger partial charge is 0.410 e. The van der Waals surface area contributed by atoms with E-state index >= 15 is 0 Å². The van der Waals surface area contributed by atoms with E-state index in [0.717, 1.165) is 11.4 Å². The Morgan fingerprint density at radius 1 is 0.370 bits per heavy atom. The lowest BCUT2D eigenvalue weighted by Crippen LogP contribution is -2.41. The number of rotatable bonds is 0. The molecule has 6 fully saturated rings. The lowest BCUT2D eigenvalue weighted by Gasteiger charge is -2.28. The number of carbonyl (C=O) groups is 8. The predicted molar refractivity (Wildman–Crippen MR) is 420 cm³/mol. The average molecular weight is 1540 g/mol. The molecule has 0 spiro atoms. The topological polar surface area (TPSA) is 306 Å². The minimum atomic E-state index is -0.795. The van der Waals surface area contributed by atoms with Crippen molar-refractivity contribution in [2.24, 2.45) is 77.3 Å². The summed E-state index contributed by atoms with van der Waals surface area (Å²) in [7, 11) is 0. The van der Waals surface area contributed by atoms with Crippen LogP contribution in [0.3, 0.4) is 0 Å². The van der Waals surface area contributed by atoms with Crippen molar-refractivity contribution in [1.29, 1.82) is 0 Å². The first kappa shape index (κ1) is 80.3. The summed E-state index contributed by atoms with van der Waals surface area (Å²) in [6.07, 6.45) is 7.24. The highest BCUT2D eigenvalue weighted by Gasteiger charge is 2.41. The molecule has 10 aliphatic rings. The van der Waals surface area contributed by atoms with Gasteiger partial charge in [-0.1, -0.05) is 197 Å². The molecular formula is C83H143N5O20. The van der Waals surface area contributed by atoms with E-state index in [2.05, 4.69) is 75.3 Å². The third kappa shape index (κ3) is 35.6. The zero-order valence-corrected chi connectivity index (χ0v) is 71.4. The second-order valence-electron chi connectivity index (χ2n) is 38.2. The molecule has 6 saturated heterocycles. The first-order valence-corrected chi connectivity index (χ1v) is 36.8. The van der Waals surface area contributed by atoms with Gasteiger partial charge < -0.3 is 52.1 Å². The Balaban J connectivity index is 0.000000655. The van der Waals surface area contributed by atoms with Crippen LogP contribution in [0.25, 0.3) is 0 Å². The monoisotopic (exact) mass is 1540 g/mol. The second kappa shape index (κ2) is 41.2. The molecule has 0 aliphatic carbocycles. The molecule has 0 aromatic carbocycles. The van der Waals surface area contributed by atoms with Crippen molar-refractivity contribution < 1.29 is 106 Å². The van der Waals surface area contributed by atoms with E-state index in [9.17, 15) is 43.2 Å². The number of esters is 6. The van der Waals surface area contributed by atoms with Gasteiger partial charge in [0.2, 0.25) is 1.41 Å². The number of nitrogens with one attached hydrogen (secondary N) is 1. The lowest BCUT2D eigenvalue weighted by atomic mass is 9.80. The van der Waals surface area contributed by atoms with E-state index in [0.29, 0.717) is 73.5 Å². The van der Waals surface area contributed by atoms with E-state index in [1.54, 1.807) is 22.0 Å². The molecular weight excluding hydrogens is 1390 g/mol. The molecule has 1 N–H and O–H groups in total. The lowest BCUT2D eigenvalue weighted by molar-refractivity contribution is -0.144. The largest absolute Gasteiger partial charge is 0.465 e. The van der Waals surface area contributed by atoms with Crippen LogP contribution >= 0.6 is 0 Å². The number of aromatic nitrogens is 1. The summed E-state index contributed by atoms with van der Waals surface area (Å²) in [6.45, 7) is 59.5. The van der Waals surface area contributed by atoms with Crippen LogP contribution in [0.4, 0.5) is 9.59 Å². The van der Waals surface area contributed by atoms with Gasteiger partial charge in [0.15, 0.2) is 0 Å². The molecule has 1 aromatic heterocycles. The normalized spacial score (nSPS) is 29.5. The van der Waals surface area contributed by atoms with Crippen LogP contribution < -0.4 is 5.63 Å². The van der Waals surface area contributed by atoms with Crippen molar-refractivity contribution in [1.82, 2.24) is 14.9 Å². The number of ether oxygens (including phenoxy) is 8. The maximum absolute atomic E-state index is 11.1. The number of carbonyl (C=O) groups excluding carboxylic acids is 8. The first-order valence-electron chi connectivity index (χ1n) is 43.0. The molecule has 10 aliphatic heterocycles. The summed E-state index contributed by atoms with van der Waals surface area (Å²) in [5.74, 6) is -1.91. The number of H-pyrrole nitrogens is 1. The van der Waals surface area contributed by atoms with E-state index in [-0.39, 0.29) is 131 Å². The Hall–Kier alpha value is -7.21. The highest BCUT2D eigenvalue weighted by atomic mass is 16.6. The fourth-order valence-electron chi connectivity index (χ4n) is 10.0. The summed E-state index contributed by atoms with van der Waals surface area (Å²) < 4.78 is 121. The number of amides is 2. The van der Waals surface area contributed by atoms with Gasteiger partial charge in [-0.15, -0.1) is 0 Å². The highest BCUT2D eigenvalue weighted by Crippen LogP contribution is 2.37. The fourth-order valence-corrected chi connectivity index (χ4v) is 10.0. The molecule has 2 amide bonds. The average Bonchev–Trinajstić information content (AvgIpc) is 1.73. The van der Waals surface area contributed by atoms with Crippen LogP contribution in [-0.2, 0) is 81.8 Å². The van der Waals surface area contributed by atoms with E-state index < -0.39 is 71.5 Å². The molecule has 108 heavy (non-hydrogen) atoms. The van der Waals surface area contributed by atoms with E-state index in [1.165, 1.54) is 6.20 Å². The van der Waals surface area contributed by atoms with Crippen molar-refractivity contribution in [3.63, 3.8) is 0 Å². The van der Waals surface area contributed by atoms with Gasteiger partial charge >= 0.3 is 53.6 Å². The summed E-state index contributed by atoms with van der Waals surface area (Å²) in [5, 5.41) is 8.32. The minimum absolute atomic E-state index is 0.0626. The Bertz CT molecular complexity index is 3340. The van der Waals surface area contributed by atoms with Crippen LogP contribution in [0, 0.1) is 67.0 Å². The summed E-state index contributed by atoms with van der Waals surface area (Å²) >= 11 is 0. The third-order valence-corrected chi connectivity index (χ3v) is 17.4. The third-order valence-electron chi connectivity index (χ3n) is 17.4. The van der Waals surface area contributed by atoms with Crippen LogP contribution in [0.2, 0.25) is 1.41 Å². The number of nitrogens with zero attached hydrogens (tertiary/aromatic N) is 4. The van der Waals surface area contributed by atoms with Crippen molar-refractivity contribution in [2.75, 3.05) is 78.9 Å². The van der Waals surface area contributed by atoms with Crippen LogP contribution in [0.5, 0.6) is 0 Å². The second-order valence-corrected chi connectivity index (χ2v) is 38.2. The molecule has 1 aromatic rings. The number of oxime groups is 2. The molecule has 14 atom stereocenters. The molecule has 11 heterocycles. The molecule has 0 saturated carbocycles. The molecule has 25 nitrogen and oxygen atoms in total. The summed E-state index contributed by atoms with van der Waals surface area (Å²) in [6, 6.07) is 0. The van der Waals surface area contributed by atoms with Gasteiger partial charge in [-0.25, -0.2) is 29.1 Å². The van der Waals surface area contributed by atoms with Crippen LogP contribution in [-0.4, -0.2) is 164 Å². The number of hydrogen-bond acceptors (Lipinski definition) is 22. The summed E-state index contributed by atoms with van der Waals surface area (Å²) in [4.78, 5) is 112. The quantitative estimate of drug-likeness (QED) is 0.186. The maximum Gasteiger partial charge on any atom is 0.410 e. The van der Waals surface area contributed by atoms with Crippen LogP contribution in [0.15, 0.2) is 49.1 Å². The molecule has 0 unspecified atom stereocenters. The van der Waals surface area contributed by atoms with Crippen molar-refractivity contribution >= 4 is 59.4 Å². The first-order chi connectivity index (χ1) is 53.2. The number of cyclic esters (lactones) is 8. The zero-order valence-electron chi connectivity index (χ0n) is 82.4. The van der Waals surface area contributed by atoms with Crippen molar-refractivity contribution in [2.45, 2.75) is 284 Å². The SMILES string of the molecule is [2H][C@@H]1C=C(C(C)(C)C)C(=O)O1.[2H][C@@H]1CC(C(C)(C)C)=NO1.[2H][C@@H]1CN(C(C)(C)C)C(=O)O1.[2H][C@@H]1C[C@@H](C(C)(C)C)C(=O)O1.[2H][C@@H]1C[C@H](C(C)(C)C)C(=O)O1.[2H][C@H]1C=C(C(C)(C)C)C(=O)O1.[2H][C@H]1CC(C(C)(C)C)=NO1.[2H][C@H]1CN(C(C)(C)C)C(=O)O1.[2H][C@H]1C[C@@H](C(C)(C)C)C(=O)O1.[2H][C@H]1C[C@H](C(C)(C)C)C(=O)O1.[2H]n1cc(C(C)(C)C)c(=O)o1. The molecule has 11 rings (SSSR count). The van der Waals surface area contributed by atoms with Gasteiger partial charge in [0.25, 0.3) is 0 Å². The molecule has 0 bridgehead atoms. The van der Waals surface area contributed by atoms with Crippen molar-refractivity contribution in [3.05, 3.63) is 45.5 Å². The number of aromatic amines is 1. The Morgan fingerprint density at radius 3 is 0.741 bits per heavy atom. The Kier molecular flexibility index (Phi) is 30.6. The van der Waals surface area contributed by atoms with Gasteiger partial charge in [0.1, 0.15) is 39.5 Å². The van der Waals surface area contributed by atoms with Gasteiger partial charge in [-0.3, -0.25) is 29.0 Å². The van der Waals surface area contributed by atoms with E-state index in [1.807, 2.05) is 187 Å². The van der Waals surface area contributed by atoms with Crippen molar-refractivity contribution in [3.8, 4) is 0 Å². The van der Waals surface area contributed by atoms with Gasteiger partial charge in [0, 0.05) is 52.1 Å². The van der Waals surface area contributed by atoms with Gasteiger partial charge in [0.05, 0.1) is 93.8 Å². The van der Waals surface area contributed by atoms with E-state index in [4.69, 9.17) is 43.7 Å². The minimum Gasteiger partial charge on any atom is -0.465 e. The van der Waals surface area contributed by atoms with Gasteiger partial charge in [-0.2, -0.15) is 0 Å². The fraction of sp³-hybridized carbons (Fsp3) is 0.795. The Labute approximate surface area is 663 Å². The molecule has 25 heteroatoms. The highest BCUT2D eigenvalue weighted by molar-refractivity contribution is 5.92. The molecule has 0 radical (unpaired) electrons. The molecule has 620 valence electrons. The van der Waals surface area contributed by atoms with Crippen LogP contribution in [0.1, 0.15) is 286 Å². The zero-order chi connectivity index (χ0) is 93.4.